The number of nitrogens with one attached hydrogen (secondary N) is 1. The van der Waals surface area contributed by atoms with Gasteiger partial charge >= 0.3 is 0 Å². The number of hydrogen-bond acceptors (Lipinski definition) is 3. The summed E-state index contributed by atoms with van der Waals surface area (Å²) < 4.78 is 5.16. The van der Waals surface area contributed by atoms with Crippen LogP contribution in [0.5, 0.6) is 0 Å². The molecular formula is C16H21NO3. The average molecular weight is 275 g/mol. The maximum atomic E-state index is 11.9. The van der Waals surface area contributed by atoms with Gasteiger partial charge in [0.2, 0.25) is 0 Å². The van der Waals surface area contributed by atoms with Crippen molar-refractivity contribution in [2.24, 2.45) is 0 Å². The van der Waals surface area contributed by atoms with Gasteiger partial charge in [0.1, 0.15) is 0 Å². The van der Waals surface area contributed by atoms with E-state index in [1.54, 1.807) is 6.07 Å². The molecule has 1 aromatic carbocycles. The molecule has 0 aliphatic carbocycles. The number of carbonyl (C=O) groups excluding carboxylic acids is 1. The summed E-state index contributed by atoms with van der Waals surface area (Å²) in [6.45, 7) is 5.57. The number of benzene rings is 1. The zero-order valence-electron chi connectivity index (χ0n) is 12.0. The van der Waals surface area contributed by atoms with Gasteiger partial charge in [-0.25, -0.2) is 0 Å². The van der Waals surface area contributed by atoms with Crippen molar-refractivity contribution in [2.75, 3.05) is 26.4 Å². The first-order valence-electron chi connectivity index (χ1n) is 6.75. The minimum atomic E-state index is -0.109. The Kier molecular flexibility index (Phi) is 7.41. The number of carbonyl (C=O) groups is 1. The second-order valence-corrected chi connectivity index (χ2v) is 4.26. The second kappa shape index (κ2) is 9.13. The molecule has 4 nitrogen and oxygen atoms in total. The van der Waals surface area contributed by atoms with Crippen molar-refractivity contribution in [3.63, 3.8) is 0 Å². The van der Waals surface area contributed by atoms with E-state index in [-0.39, 0.29) is 12.5 Å². The van der Waals surface area contributed by atoms with E-state index in [9.17, 15) is 4.79 Å². The lowest BCUT2D eigenvalue weighted by Crippen LogP contribution is -2.27. The monoisotopic (exact) mass is 275 g/mol. The van der Waals surface area contributed by atoms with Crippen molar-refractivity contribution in [1.82, 2.24) is 5.32 Å². The highest BCUT2D eigenvalue weighted by atomic mass is 16.5. The Bertz CT molecular complexity index is 500. The van der Waals surface area contributed by atoms with E-state index < -0.39 is 0 Å². The van der Waals surface area contributed by atoms with Crippen LogP contribution in [0, 0.1) is 18.8 Å². The lowest BCUT2D eigenvalue weighted by molar-refractivity contribution is 0.0922. The standard InChI is InChI=1S/C16H21NO3/c1-3-20-11-9-17-16(19)15-8-7-14(13(2)12-15)6-4-5-10-18/h7-8,12,18H,3,5,9-11H2,1-2H3,(H,17,19). The third-order valence-electron chi connectivity index (χ3n) is 2.68. The minimum Gasteiger partial charge on any atom is -0.395 e. The Morgan fingerprint density at radius 1 is 1.45 bits per heavy atom. The fourth-order valence-electron chi connectivity index (χ4n) is 1.64. The number of amides is 1. The lowest BCUT2D eigenvalue weighted by Gasteiger charge is -2.07. The number of ether oxygens (including phenoxy) is 1. The molecule has 1 aromatic rings. The molecule has 0 aromatic heterocycles. The lowest BCUT2D eigenvalue weighted by atomic mass is 10.0. The molecule has 108 valence electrons. The molecule has 0 aliphatic rings. The molecule has 0 bridgehead atoms. The first kappa shape index (κ1) is 16.2. The van der Waals surface area contributed by atoms with Crippen LogP contribution in [0.3, 0.4) is 0 Å². The highest BCUT2D eigenvalue weighted by molar-refractivity contribution is 5.94. The number of hydrogen-bond donors (Lipinski definition) is 2. The average Bonchev–Trinajstić information content (AvgIpc) is 2.45. The van der Waals surface area contributed by atoms with E-state index >= 15 is 0 Å². The normalized spacial score (nSPS) is 9.75. The quantitative estimate of drug-likeness (QED) is 0.611. The van der Waals surface area contributed by atoms with Gasteiger partial charge in [-0.05, 0) is 37.6 Å². The summed E-state index contributed by atoms with van der Waals surface area (Å²) in [7, 11) is 0. The molecule has 2 N–H and O–H groups in total. The Balaban J connectivity index is 2.62. The van der Waals surface area contributed by atoms with Crippen molar-refractivity contribution in [2.45, 2.75) is 20.3 Å². The van der Waals surface area contributed by atoms with E-state index in [1.165, 1.54) is 0 Å². The van der Waals surface area contributed by atoms with Crippen molar-refractivity contribution in [3.05, 3.63) is 34.9 Å². The van der Waals surface area contributed by atoms with Gasteiger partial charge in [-0.2, -0.15) is 0 Å². The van der Waals surface area contributed by atoms with Crippen LogP contribution < -0.4 is 5.32 Å². The molecule has 0 aliphatic heterocycles. The maximum Gasteiger partial charge on any atom is 0.251 e. The first-order chi connectivity index (χ1) is 9.69. The van der Waals surface area contributed by atoms with Gasteiger partial charge in [-0.15, -0.1) is 0 Å². The van der Waals surface area contributed by atoms with E-state index in [0.29, 0.717) is 31.7 Å². The molecule has 0 heterocycles. The van der Waals surface area contributed by atoms with Crippen LogP contribution in [0.1, 0.15) is 34.8 Å². The molecule has 0 saturated carbocycles. The Hall–Kier alpha value is -1.83. The molecule has 0 fully saturated rings. The molecule has 0 saturated heterocycles. The molecule has 0 spiro atoms. The van der Waals surface area contributed by atoms with Gasteiger partial charge in [-0.1, -0.05) is 11.8 Å². The summed E-state index contributed by atoms with van der Waals surface area (Å²) in [5.41, 5.74) is 2.45. The highest BCUT2D eigenvalue weighted by Crippen LogP contribution is 2.10. The predicted octanol–water partition coefficient (Wildman–Crippen LogP) is 1.50. The van der Waals surface area contributed by atoms with E-state index in [4.69, 9.17) is 9.84 Å². The topological polar surface area (TPSA) is 58.6 Å². The second-order valence-electron chi connectivity index (χ2n) is 4.26. The van der Waals surface area contributed by atoms with Crippen LogP contribution in [-0.4, -0.2) is 37.4 Å². The Morgan fingerprint density at radius 2 is 2.25 bits per heavy atom. The molecule has 0 atom stereocenters. The van der Waals surface area contributed by atoms with Crippen molar-refractivity contribution >= 4 is 5.91 Å². The molecule has 1 rings (SSSR count). The van der Waals surface area contributed by atoms with Crippen LogP contribution in [-0.2, 0) is 4.74 Å². The zero-order chi connectivity index (χ0) is 14.8. The van der Waals surface area contributed by atoms with Crippen LogP contribution in [0.25, 0.3) is 0 Å². The van der Waals surface area contributed by atoms with Gasteiger partial charge < -0.3 is 15.2 Å². The van der Waals surface area contributed by atoms with Crippen LogP contribution in [0.4, 0.5) is 0 Å². The number of aliphatic hydroxyl groups excluding tert-OH is 1. The van der Waals surface area contributed by atoms with Gasteiger partial charge in [0.05, 0.1) is 13.2 Å². The van der Waals surface area contributed by atoms with Gasteiger partial charge in [0, 0.05) is 30.7 Å². The highest BCUT2D eigenvalue weighted by Gasteiger charge is 2.06. The summed E-state index contributed by atoms with van der Waals surface area (Å²) >= 11 is 0. The predicted molar refractivity (Wildman–Crippen MR) is 78.6 cm³/mol. The van der Waals surface area contributed by atoms with Crippen molar-refractivity contribution in [1.29, 1.82) is 0 Å². The summed E-state index contributed by atoms with van der Waals surface area (Å²) in [6, 6.07) is 5.40. The Labute approximate surface area is 120 Å². The third-order valence-corrected chi connectivity index (χ3v) is 2.68. The van der Waals surface area contributed by atoms with Gasteiger partial charge in [0.15, 0.2) is 0 Å². The molecule has 4 heteroatoms. The summed E-state index contributed by atoms with van der Waals surface area (Å²) in [5, 5.41) is 11.5. The number of rotatable bonds is 6. The first-order valence-corrected chi connectivity index (χ1v) is 6.75. The molecule has 0 unspecified atom stereocenters. The van der Waals surface area contributed by atoms with Crippen LogP contribution in [0.2, 0.25) is 0 Å². The summed E-state index contributed by atoms with van der Waals surface area (Å²) in [5.74, 6) is 5.74. The molecule has 1 amide bonds. The van der Waals surface area contributed by atoms with Crippen LogP contribution in [0.15, 0.2) is 18.2 Å². The van der Waals surface area contributed by atoms with Gasteiger partial charge in [-0.3, -0.25) is 4.79 Å². The third kappa shape index (κ3) is 5.43. The molecule has 0 radical (unpaired) electrons. The summed E-state index contributed by atoms with van der Waals surface area (Å²) in [6.07, 6.45) is 0.457. The molecule has 20 heavy (non-hydrogen) atoms. The Morgan fingerprint density at radius 3 is 2.90 bits per heavy atom. The SMILES string of the molecule is CCOCCNC(=O)c1ccc(C#CCCO)c(C)c1. The van der Waals surface area contributed by atoms with Gasteiger partial charge in [0.25, 0.3) is 5.91 Å². The fraction of sp³-hybridized carbons (Fsp3) is 0.438. The smallest absolute Gasteiger partial charge is 0.251 e. The largest absolute Gasteiger partial charge is 0.395 e. The number of aliphatic hydroxyl groups is 1. The minimum absolute atomic E-state index is 0.0619. The van der Waals surface area contributed by atoms with E-state index in [2.05, 4.69) is 17.2 Å². The summed E-state index contributed by atoms with van der Waals surface area (Å²) in [4.78, 5) is 11.9. The van der Waals surface area contributed by atoms with E-state index in [0.717, 1.165) is 11.1 Å². The number of aryl methyl sites for hydroxylation is 1. The van der Waals surface area contributed by atoms with Crippen molar-refractivity contribution < 1.29 is 14.6 Å². The zero-order valence-corrected chi connectivity index (χ0v) is 12.0. The fourth-order valence-corrected chi connectivity index (χ4v) is 1.64. The maximum absolute atomic E-state index is 11.9. The van der Waals surface area contributed by atoms with Crippen LogP contribution >= 0.6 is 0 Å². The van der Waals surface area contributed by atoms with Crippen molar-refractivity contribution in [3.8, 4) is 11.8 Å². The van der Waals surface area contributed by atoms with E-state index in [1.807, 2.05) is 26.0 Å². The molecular weight excluding hydrogens is 254 g/mol.